The van der Waals surface area contributed by atoms with Gasteiger partial charge in [0.25, 0.3) is 5.95 Å². The second-order valence-electron chi connectivity index (χ2n) is 8.31. The van der Waals surface area contributed by atoms with Crippen LogP contribution in [0.1, 0.15) is 27.0 Å². The number of nitrogens with zero attached hydrogens (tertiary/aromatic N) is 5. The van der Waals surface area contributed by atoms with Crippen LogP contribution in [0.15, 0.2) is 6.33 Å². The highest BCUT2D eigenvalue weighted by Gasteiger charge is 2.49. The van der Waals surface area contributed by atoms with Gasteiger partial charge in [0.1, 0.15) is 18.3 Å². The maximum absolute atomic E-state index is 12.1. The van der Waals surface area contributed by atoms with Crippen LogP contribution in [0.3, 0.4) is 0 Å². The summed E-state index contributed by atoms with van der Waals surface area (Å²) in [4.78, 5) is 37.3. The summed E-state index contributed by atoms with van der Waals surface area (Å²) in [5, 5.41) is 22.6. The number of nitrogen functional groups attached to an aromatic ring is 1. The van der Waals surface area contributed by atoms with Crippen molar-refractivity contribution >= 4 is 32.3 Å². The molecule has 37 heavy (non-hydrogen) atoms. The molecule has 0 spiro atoms. The number of aliphatic hydroxyl groups excluding tert-OH is 1. The zero-order valence-electron chi connectivity index (χ0n) is 21.4. The zero-order valence-corrected chi connectivity index (χ0v) is 23.2. The van der Waals surface area contributed by atoms with Crippen LogP contribution >= 0.6 is 15.2 Å². The zero-order chi connectivity index (χ0) is 28.1. The van der Waals surface area contributed by atoms with E-state index in [1.165, 1.54) is 42.2 Å². The van der Waals surface area contributed by atoms with Gasteiger partial charge in [0.2, 0.25) is 6.23 Å². The van der Waals surface area contributed by atoms with E-state index in [4.69, 9.17) is 29.5 Å². The lowest BCUT2D eigenvalue weighted by Gasteiger charge is -2.18. The maximum atomic E-state index is 12.1. The van der Waals surface area contributed by atoms with Crippen molar-refractivity contribution in [1.82, 2.24) is 19.4 Å². The van der Waals surface area contributed by atoms with Crippen LogP contribution in [0.2, 0.25) is 0 Å². The van der Waals surface area contributed by atoms with Gasteiger partial charge in [0, 0.05) is 13.0 Å². The molecule has 2 aromatic heterocycles. The van der Waals surface area contributed by atoms with Gasteiger partial charge in [0.05, 0.1) is 13.7 Å². The number of nitrogens with two attached hydrogens (primary N) is 1. The lowest BCUT2D eigenvalue weighted by molar-refractivity contribution is -0.746. The van der Waals surface area contributed by atoms with E-state index in [-0.39, 0.29) is 17.1 Å². The number of aryl methyl sites for hydroxylation is 1. The Morgan fingerprint density at radius 1 is 1.22 bits per heavy atom. The van der Waals surface area contributed by atoms with Gasteiger partial charge in [-0.15, -0.1) is 0 Å². The van der Waals surface area contributed by atoms with E-state index in [2.05, 4.69) is 35.6 Å². The van der Waals surface area contributed by atoms with Crippen LogP contribution in [0.25, 0.3) is 11.2 Å². The molecule has 1 aliphatic heterocycles. The minimum Gasteiger partial charge on any atom is -0.856 e. The highest BCUT2D eigenvalue weighted by atomic mass is 31.2. The molecule has 1 fully saturated rings. The third-order valence-corrected chi connectivity index (χ3v) is 9.21. The van der Waals surface area contributed by atoms with Crippen LogP contribution in [0, 0.1) is 0 Å². The lowest BCUT2D eigenvalue weighted by atomic mass is 10.1. The monoisotopic (exact) mass is 570 g/mol. The molecule has 0 saturated carbocycles. The van der Waals surface area contributed by atoms with E-state index in [0.29, 0.717) is 0 Å². The lowest BCUT2D eigenvalue weighted by Crippen LogP contribution is -2.46. The van der Waals surface area contributed by atoms with E-state index < -0.39 is 58.1 Å². The van der Waals surface area contributed by atoms with E-state index in [9.17, 15) is 24.2 Å². The van der Waals surface area contributed by atoms with Gasteiger partial charge in [-0.3, -0.25) is 13.7 Å². The van der Waals surface area contributed by atoms with Gasteiger partial charge < -0.3 is 49.5 Å². The predicted molar refractivity (Wildman–Crippen MR) is 129 cm³/mol. The highest BCUT2D eigenvalue weighted by Crippen LogP contribution is 2.55. The van der Waals surface area contributed by atoms with Crippen LogP contribution in [0.5, 0.6) is 5.88 Å². The van der Waals surface area contributed by atoms with Crippen molar-refractivity contribution in [3.05, 3.63) is 6.33 Å². The fourth-order valence-electron chi connectivity index (χ4n) is 3.88. The molecule has 0 amide bonds. The molecule has 6 N–H and O–H groups in total. The van der Waals surface area contributed by atoms with Crippen LogP contribution < -0.4 is 15.4 Å². The van der Waals surface area contributed by atoms with Gasteiger partial charge in [-0.05, 0) is 19.6 Å². The summed E-state index contributed by atoms with van der Waals surface area (Å²) in [6.07, 6.45) is -3.11. The van der Waals surface area contributed by atoms with Crippen LogP contribution in [-0.2, 0) is 30.2 Å². The molecule has 18 heteroatoms. The molecule has 212 valence electrons. The summed E-state index contributed by atoms with van der Waals surface area (Å²) < 4.78 is 41.4. The predicted octanol–water partition coefficient (Wildman–Crippen LogP) is -1.13. The Hall–Kier alpha value is -1.71. The number of methoxy groups -OCH3 is 1. The Labute approximate surface area is 214 Å². The van der Waals surface area contributed by atoms with Crippen LogP contribution in [0.4, 0.5) is 5.95 Å². The first kappa shape index (κ1) is 31.5. The Bertz CT molecular complexity index is 1130. The third-order valence-electron chi connectivity index (χ3n) is 5.75. The number of fused-ring (bicyclic) bond motifs is 1. The number of anilines is 1. The van der Waals surface area contributed by atoms with Gasteiger partial charge >= 0.3 is 20.8 Å². The van der Waals surface area contributed by atoms with Crippen molar-refractivity contribution in [3.8, 4) is 5.88 Å². The summed E-state index contributed by atoms with van der Waals surface area (Å²) in [5.74, 6) is -2.26. The van der Waals surface area contributed by atoms with Crippen molar-refractivity contribution in [2.45, 2.75) is 45.3 Å². The first-order valence-electron chi connectivity index (χ1n) is 11.5. The SMILES string of the molecule is CCN(CC)CC.CO[C@@H]1[C@H](O)[C@@H](COP(=O)(O)CP(=O)(O)O)O[C@H]1[n+]1cn(C)c2c([O-])nc(N)nc21. The molecule has 0 bridgehead atoms. The minimum absolute atomic E-state index is 0.116. The Morgan fingerprint density at radius 2 is 1.81 bits per heavy atom. The average Bonchev–Trinajstić information content (AvgIpc) is 3.28. The Kier molecular flexibility index (Phi) is 11.0. The molecule has 0 aliphatic carbocycles. The van der Waals surface area contributed by atoms with E-state index in [1.807, 2.05) is 0 Å². The number of rotatable bonds is 10. The first-order valence-corrected chi connectivity index (χ1v) is 15.0. The fourth-order valence-corrected chi connectivity index (χ4v) is 6.45. The van der Waals surface area contributed by atoms with Gasteiger partial charge in [-0.2, -0.15) is 0 Å². The topological polar surface area (TPSA) is 230 Å². The van der Waals surface area contributed by atoms with Crippen molar-refractivity contribution in [1.29, 1.82) is 0 Å². The molecule has 3 rings (SSSR count). The van der Waals surface area contributed by atoms with Gasteiger partial charge in [-0.1, -0.05) is 25.8 Å². The first-order chi connectivity index (χ1) is 17.2. The Balaban J connectivity index is 0.000000604. The molecule has 2 aromatic rings. The smallest absolute Gasteiger partial charge is 0.340 e. The second kappa shape index (κ2) is 12.9. The van der Waals surface area contributed by atoms with Gasteiger partial charge in [0.15, 0.2) is 17.7 Å². The molecule has 0 aromatic carbocycles. The van der Waals surface area contributed by atoms with Crippen molar-refractivity contribution in [3.63, 3.8) is 0 Å². The summed E-state index contributed by atoms with van der Waals surface area (Å²) in [5.41, 5.74) is 5.80. The summed E-state index contributed by atoms with van der Waals surface area (Å²) in [7, 11) is -6.58. The van der Waals surface area contributed by atoms with Gasteiger partial charge in [-0.25, -0.2) is 9.55 Å². The highest BCUT2D eigenvalue weighted by molar-refractivity contribution is 7.70. The quantitative estimate of drug-likeness (QED) is 0.168. The number of ether oxygens (including phenoxy) is 2. The van der Waals surface area contributed by atoms with Crippen molar-refractivity contribution in [2.75, 3.05) is 45.0 Å². The second-order valence-corrected chi connectivity index (χ2v) is 12.3. The molecule has 1 unspecified atom stereocenters. The minimum atomic E-state index is -4.80. The molecular formula is C19H36N6O10P2. The third kappa shape index (κ3) is 8.14. The molecule has 0 radical (unpaired) electrons. The average molecular weight is 570 g/mol. The standard InChI is InChI=1S/C13H21N5O10P2.C6H15N/c1-17-4-18(10-7(17)11(20)16-13(14)15-10)12-9(26-2)8(19)6(28-12)3-27-30(24,25)5-29(21,22)23;1-4-7(5-2)6-3/h4,6,8-9,12,19H,3,5H2,1-2H3,(H5-,14,15,16,20,21,22,23,24,25);4-6H2,1-3H3/t6-,8-,9-,12-;/m1./s1. The van der Waals surface area contributed by atoms with E-state index >= 15 is 0 Å². The summed E-state index contributed by atoms with van der Waals surface area (Å²) >= 11 is 0. The normalized spacial score (nSPS) is 23.7. The number of aromatic nitrogens is 4. The molecule has 3 heterocycles. The summed E-state index contributed by atoms with van der Waals surface area (Å²) in [6, 6.07) is 0. The van der Waals surface area contributed by atoms with E-state index in [0.717, 1.165) is 0 Å². The molecule has 1 aliphatic rings. The summed E-state index contributed by atoms with van der Waals surface area (Å²) in [6.45, 7) is 9.47. The van der Waals surface area contributed by atoms with Crippen molar-refractivity contribution < 1.29 is 52.6 Å². The largest absolute Gasteiger partial charge is 0.856 e. The van der Waals surface area contributed by atoms with Crippen LogP contribution in [-0.4, -0.2) is 96.8 Å². The molecule has 5 atom stereocenters. The number of hydrogen-bond acceptors (Lipinski definition) is 11. The number of hydrogen-bond donors (Lipinski definition) is 5. The number of aliphatic hydroxyl groups is 1. The molecule has 1 saturated heterocycles. The number of imidazole rings is 1. The fraction of sp³-hybridized carbons (Fsp3) is 0.737. The maximum Gasteiger partial charge on any atom is 0.340 e. The Morgan fingerprint density at radius 3 is 2.30 bits per heavy atom. The molecule has 16 nitrogen and oxygen atoms in total. The van der Waals surface area contributed by atoms with E-state index in [1.54, 1.807) is 7.05 Å². The van der Waals surface area contributed by atoms with Crippen molar-refractivity contribution in [2.24, 2.45) is 7.05 Å². The molecular weight excluding hydrogens is 534 g/mol.